The molecule has 0 fully saturated rings. The summed E-state index contributed by atoms with van der Waals surface area (Å²) < 4.78 is 43.1. The summed E-state index contributed by atoms with van der Waals surface area (Å²) in [7, 11) is -3.10. The van der Waals surface area contributed by atoms with Gasteiger partial charge in [-0.1, -0.05) is 141 Å². The first-order valence-corrected chi connectivity index (χ1v) is 24.4. The highest BCUT2D eigenvalue weighted by molar-refractivity contribution is 7.47. The lowest BCUT2D eigenvalue weighted by molar-refractivity contribution is -0.161. The molecule has 2 atom stereocenters. The molecule has 0 bridgehead atoms. The van der Waals surface area contributed by atoms with Gasteiger partial charge in [-0.2, -0.15) is 0 Å². The van der Waals surface area contributed by atoms with E-state index in [1.165, 1.54) is 90.6 Å². The Morgan fingerprint density at radius 3 is 1.47 bits per heavy atom. The summed E-state index contributed by atoms with van der Waals surface area (Å²) in [5, 5.41) is 2.38. The number of allylic oxidation sites excluding steroid dienone is 4. The first kappa shape index (κ1) is 58.8. The molecule has 348 valence electrons. The normalized spacial score (nSPS) is 12.9. The van der Waals surface area contributed by atoms with Crippen LogP contribution < -0.4 is 11.5 Å². The minimum absolute atomic E-state index is 0. The molecule has 14 heteroatoms. The lowest BCUT2D eigenvalue weighted by Gasteiger charge is -2.20. The van der Waals surface area contributed by atoms with E-state index in [0.717, 1.165) is 70.6 Å². The second-order valence-corrected chi connectivity index (χ2v) is 16.6. The van der Waals surface area contributed by atoms with Crippen molar-refractivity contribution >= 4 is 25.9 Å². The van der Waals surface area contributed by atoms with Gasteiger partial charge in [-0.25, -0.2) is 9.36 Å². The fraction of sp³-hybridized carbons (Fsp3) is 0.844. The second-order valence-electron chi connectivity index (χ2n) is 15.1. The third kappa shape index (κ3) is 45.1. The smallest absolute Gasteiger partial charge is 0.462 e. The largest absolute Gasteiger partial charge is 0.472 e. The number of phosphoric acid groups is 1. The maximum absolute atomic E-state index is 12.7. The fourth-order valence-electron chi connectivity index (χ4n) is 6.10. The number of carbonyl (C=O) groups excluding carboxylic acids is 3. The summed E-state index contributed by atoms with van der Waals surface area (Å²) in [6.07, 6.45) is 37.7. The molecule has 2 unspecified atom stereocenters. The Labute approximate surface area is 359 Å². The van der Waals surface area contributed by atoms with E-state index in [1.54, 1.807) is 0 Å². The zero-order chi connectivity index (χ0) is 42.6. The topological polar surface area (TPSA) is 191 Å². The van der Waals surface area contributed by atoms with E-state index in [4.69, 9.17) is 28.0 Å². The van der Waals surface area contributed by atoms with Crippen LogP contribution in [-0.4, -0.2) is 75.7 Å². The molecule has 0 aliphatic carbocycles. The van der Waals surface area contributed by atoms with E-state index in [2.05, 4.69) is 43.5 Å². The van der Waals surface area contributed by atoms with Gasteiger partial charge in [0.1, 0.15) is 13.2 Å². The molecule has 59 heavy (non-hydrogen) atoms. The Kier molecular flexibility index (Phi) is 45.1. The Hall–Kier alpha value is -2.28. The van der Waals surface area contributed by atoms with Crippen LogP contribution in [0.2, 0.25) is 0 Å². The van der Waals surface area contributed by atoms with E-state index in [9.17, 15) is 23.8 Å². The van der Waals surface area contributed by atoms with Crippen molar-refractivity contribution in [3.63, 3.8) is 0 Å². The molecule has 0 radical (unpaired) electrons. The number of esters is 2. The van der Waals surface area contributed by atoms with Crippen LogP contribution in [0.4, 0.5) is 4.79 Å². The number of ether oxygens (including phenoxy) is 4. The molecule has 0 aliphatic heterocycles. The molecule has 0 aromatic rings. The van der Waals surface area contributed by atoms with Crippen molar-refractivity contribution in [3.05, 3.63) is 24.3 Å². The highest BCUT2D eigenvalue weighted by atomic mass is 31.2. The second kappa shape index (κ2) is 45.3. The van der Waals surface area contributed by atoms with E-state index >= 15 is 0 Å². The van der Waals surface area contributed by atoms with Crippen LogP contribution in [0.5, 0.6) is 0 Å². The van der Waals surface area contributed by atoms with Gasteiger partial charge in [0.05, 0.1) is 19.8 Å². The first-order chi connectivity index (χ1) is 28.2. The zero-order valence-electron chi connectivity index (χ0n) is 37.6. The number of rotatable bonds is 43. The van der Waals surface area contributed by atoms with Crippen LogP contribution in [0, 0.1) is 0 Å². The number of carbonyl (C=O) groups is 3. The molecule has 0 aromatic heterocycles. The molecule has 0 aliphatic rings. The van der Waals surface area contributed by atoms with Crippen molar-refractivity contribution in [2.75, 3.05) is 46.7 Å². The van der Waals surface area contributed by atoms with Gasteiger partial charge in [-0.15, -0.1) is 0 Å². The molecule has 1 amide bonds. The van der Waals surface area contributed by atoms with Crippen molar-refractivity contribution in [2.24, 2.45) is 0 Å². The van der Waals surface area contributed by atoms with E-state index in [-0.39, 0.29) is 52.0 Å². The number of hydrogen-bond donors (Lipinski definition) is 3. The number of alkyl carbamates (subject to hydrolysis) is 1. The summed E-state index contributed by atoms with van der Waals surface area (Å²) in [5.74, 6) is -0.924. The quantitative estimate of drug-likeness (QED) is 0.0173. The number of unbranched alkanes of at least 4 members (excludes halogenated alkanes) is 22. The number of amides is 1. The maximum Gasteiger partial charge on any atom is 0.472 e. The number of hydrogen-bond acceptors (Lipinski definition) is 11. The van der Waals surface area contributed by atoms with Crippen molar-refractivity contribution in [3.8, 4) is 0 Å². The van der Waals surface area contributed by atoms with Crippen LogP contribution in [0.3, 0.4) is 0 Å². The minimum Gasteiger partial charge on any atom is -0.462 e. The molecule has 0 aromatic carbocycles. The highest BCUT2D eigenvalue weighted by Crippen LogP contribution is 2.43. The highest BCUT2D eigenvalue weighted by Gasteiger charge is 2.26. The number of methoxy groups -OCH3 is 1. The molecule has 13 nitrogen and oxygen atoms in total. The van der Waals surface area contributed by atoms with Crippen molar-refractivity contribution in [2.45, 2.75) is 200 Å². The van der Waals surface area contributed by atoms with E-state index < -0.39 is 38.6 Å². The molecule has 0 heterocycles. The van der Waals surface area contributed by atoms with Crippen molar-refractivity contribution < 1.29 is 51.8 Å². The van der Waals surface area contributed by atoms with Gasteiger partial charge in [0.25, 0.3) is 0 Å². The van der Waals surface area contributed by atoms with Crippen molar-refractivity contribution in [1.82, 2.24) is 11.5 Å². The van der Waals surface area contributed by atoms with Gasteiger partial charge >= 0.3 is 25.9 Å². The number of phosphoric ester groups is 1. The Morgan fingerprint density at radius 1 is 0.559 bits per heavy atom. The van der Waals surface area contributed by atoms with Gasteiger partial charge in [-0.05, 0) is 64.2 Å². The standard InChI is InChI=1S/C45H84NO11P.H3N/c1-4-6-8-10-12-14-16-18-20-22-24-26-28-30-32-34-43(47)54-40-42(41-56-58(50,51)55-37-36-46-45(49)53-39-38-52-3)57-44(48)35-33-31-29-27-25-23-21-19-17-15-13-11-9-7-5-2;/h18-21,42H,4-17,22-41H2,1-3H3,(H,46,49)(H,50,51);1H3/b20-18+,21-19+;. The van der Waals surface area contributed by atoms with Gasteiger partial charge in [-0.3, -0.25) is 18.6 Å². The SMILES string of the molecule is CCCCCCCC/C=C/CCCCCCCC(=O)OCC(COP(=O)(O)OCCNC(=O)OCCOC)OC(=O)CCCCCCC/C=C/CCCCCCCC.N. The summed E-state index contributed by atoms with van der Waals surface area (Å²) in [5.41, 5.74) is 0. The van der Waals surface area contributed by atoms with Gasteiger partial charge in [0.15, 0.2) is 6.10 Å². The number of nitrogens with one attached hydrogen (secondary N) is 1. The Morgan fingerprint density at radius 2 is 1.00 bits per heavy atom. The lowest BCUT2D eigenvalue weighted by Crippen LogP contribution is -2.30. The molecule has 5 N–H and O–H groups in total. The van der Waals surface area contributed by atoms with Crippen LogP contribution in [-0.2, 0) is 42.1 Å². The molecule has 0 rings (SSSR count). The van der Waals surface area contributed by atoms with Crippen LogP contribution in [0.1, 0.15) is 194 Å². The summed E-state index contributed by atoms with van der Waals surface area (Å²) in [4.78, 5) is 47.0. The maximum atomic E-state index is 12.7. The molecule has 0 saturated heterocycles. The van der Waals surface area contributed by atoms with E-state index in [1.807, 2.05) is 0 Å². The molecular weight excluding hydrogens is 775 g/mol. The van der Waals surface area contributed by atoms with E-state index in [0.29, 0.717) is 12.8 Å². The molecular formula is C45H87N2O11P. The van der Waals surface area contributed by atoms with Gasteiger partial charge in [0, 0.05) is 26.5 Å². The van der Waals surface area contributed by atoms with Gasteiger partial charge < -0.3 is 35.3 Å². The predicted molar refractivity (Wildman–Crippen MR) is 238 cm³/mol. The first-order valence-electron chi connectivity index (χ1n) is 22.9. The van der Waals surface area contributed by atoms with Crippen molar-refractivity contribution in [1.29, 1.82) is 0 Å². The molecule has 0 spiro atoms. The summed E-state index contributed by atoms with van der Waals surface area (Å²) in [6, 6.07) is 0. The lowest BCUT2D eigenvalue weighted by atomic mass is 10.1. The third-order valence-corrected chi connectivity index (χ3v) is 10.6. The summed E-state index contributed by atoms with van der Waals surface area (Å²) in [6.45, 7) is 3.51. The summed E-state index contributed by atoms with van der Waals surface area (Å²) >= 11 is 0. The average Bonchev–Trinajstić information content (AvgIpc) is 3.20. The Balaban J connectivity index is 0. The molecule has 0 saturated carbocycles. The minimum atomic E-state index is -4.58. The van der Waals surface area contributed by atoms with Gasteiger partial charge in [0.2, 0.25) is 0 Å². The average molecular weight is 863 g/mol. The van der Waals surface area contributed by atoms with Crippen LogP contribution in [0.25, 0.3) is 0 Å². The van der Waals surface area contributed by atoms with Crippen LogP contribution >= 0.6 is 7.82 Å². The predicted octanol–water partition coefficient (Wildman–Crippen LogP) is 12.2. The fourth-order valence-corrected chi connectivity index (χ4v) is 6.85. The monoisotopic (exact) mass is 863 g/mol. The van der Waals surface area contributed by atoms with Crippen LogP contribution in [0.15, 0.2) is 24.3 Å². The third-order valence-electron chi connectivity index (χ3n) is 9.58. The Bertz CT molecular complexity index is 1080. The zero-order valence-corrected chi connectivity index (χ0v) is 38.5.